The standard InChI is InChI=1S/C19H29N9O/c1-22-11-15(10-21)24-18-23-12-16(29-3)17(25-18)27-13-19(14-27,4-5-20)28-8-6-26(2)7-9-28/h10-12H,4,6-9,13-14,21H2,1-3H3,(H,23,24,25)/b15-10+,22-11?. The number of piperazine rings is 1. The molecule has 0 spiro atoms. The van der Waals surface area contributed by atoms with Gasteiger partial charge in [0.2, 0.25) is 5.95 Å². The van der Waals surface area contributed by atoms with Crippen LogP contribution in [0.1, 0.15) is 6.42 Å². The monoisotopic (exact) mass is 399 g/mol. The van der Waals surface area contributed by atoms with Gasteiger partial charge < -0.3 is 25.6 Å². The first-order chi connectivity index (χ1) is 14.0. The molecule has 29 heavy (non-hydrogen) atoms. The summed E-state index contributed by atoms with van der Waals surface area (Å²) in [6.45, 7) is 5.44. The van der Waals surface area contributed by atoms with Crippen LogP contribution < -0.4 is 20.7 Å². The molecule has 1 aromatic heterocycles. The fourth-order valence-corrected chi connectivity index (χ4v) is 3.84. The smallest absolute Gasteiger partial charge is 0.229 e. The number of anilines is 2. The van der Waals surface area contributed by atoms with Crippen molar-refractivity contribution in [2.24, 2.45) is 10.7 Å². The Balaban J connectivity index is 1.78. The van der Waals surface area contributed by atoms with Crippen LogP contribution in [0.4, 0.5) is 11.8 Å². The quantitative estimate of drug-likeness (QED) is 0.616. The maximum atomic E-state index is 9.43. The zero-order valence-corrected chi connectivity index (χ0v) is 17.3. The van der Waals surface area contributed by atoms with Crippen molar-refractivity contribution in [2.45, 2.75) is 12.0 Å². The Morgan fingerprint density at radius 2 is 2.14 bits per heavy atom. The van der Waals surface area contributed by atoms with E-state index in [1.54, 1.807) is 26.6 Å². The van der Waals surface area contributed by atoms with Crippen molar-refractivity contribution in [3.63, 3.8) is 0 Å². The van der Waals surface area contributed by atoms with E-state index < -0.39 is 0 Å². The van der Waals surface area contributed by atoms with E-state index >= 15 is 0 Å². The predicted molar refractivity (Wildman–Crippen MR) is 113 cm³/mol. The number of nitrogens with zero attached hydrogens (tertiary/aromatic N) is 7. The van der Waals surface area contributed by atoms with Crippen molar-refractivity contribution in [2.75, 3.05) is 70.7 Å². The Kier molecular flexibility index (Phi) is 6.51. The van der Waals surface area contributed by atoms with Gasteiger partial charge in [0.05, 0.1) is 37.0 Å². The molecule has 0 saturated carbocycles. The Hall–Kier alpha value is -2.90. The van der Waals surface area contributed by atoms with E-state index in [-0.39, 0.29) is 5.54 Å². The molecule has 10 nitrogen and oxygen atoms in total. The van der Waals surface area contributed by atoms with Crippen LogP contribution in [0.2, 0.25) is 0 Å². The summed E-state index contributed by atoms with van der Waals surface area (Å²) in [5, 5.41) is 12.5. The second-order valence-corrected chi connectivity index (χ2v) is 7.43. The first kappa shape index (κ1) is 20.8. The van der Waals surface area contributed by atoms with Gasteiger partial charge >= 0.3 is 0 Å². The Labute approximate surface area is 171 Å². The molecule has 0 unspecified atom stereocenters. The van der Waals surface area contributed by atoms with Crippen molar-refractivity contribution in [3.8, 4) is 11.8 Å². The van der Waals surface area contributed by atoms with E-state index in [9.17, 15) is 5.26 Å². The largest absolute Gasteiger partial charge is 0.491 e. The molecule has 156 valence electrons. The van der Waals surface area contributed by atoms with Crippen LogP contribution in [0.5, 0.6) is 5.75 Å². The van der Waals surface area contributed by atoms with Gasteiger partial charge in [0.1, 0.15) is 0 Å². The van der Waals surface area contributed by atoms with Crippen LogP contribution in [-0.2, 0) is 0 Å². The molecule has 0 bridgehead atoms. The number of likely N-dealkylation sites (N-methyl/N-ethyl adjacent to an activating group) is 1. The number of nitrogens with one attached hydrogen (secondary N) is 1. The fraction of sp³-hybridized carbons (Fsp3) is 0.579. The summed E-state index contributed by atoms with van der Waals surface area (Å²) < 4.78 is 5.48. The summed E-state index contributed by atoms with van der Waals surface area (Å²) in [5.41, 5.74) is 6.07. The molecular formula is C19H29N9O. The lowest BCUT2D eigenvalue weighted by atomic mass is 9.84. The number of ether oxygens (including phenoxy) is 1. The lowest BCUT2D eigenvalue weighted by Gasteiger charge is -2.57. The van der Waals surface area contributed by atoms with Gasteiger partial charge in [0, 0.05) is 58.7 Å². The first-order valence-corrected chi connectivity index (χ1v) is 9.63. The molecule has 0 aliphatic carbocycles. The summed E-state index contributed by atoms with van der Waals surface area (Å²) >= 11 is 0. The van der Waals surface area contributed by atoms with Gasteiger partial charge in [0.25, 0.3) is 0 Å². The normalized spacial score (nSPS) is 20.3. The lowest BCUT2D eigenvalue weighted by molar-refractivity contribution is 0.0217. The molecule has 3 N–H and O–H groups in total. The van der Waals surface area contributed by atoms with E-state index in [4.69, 9.17) is 10.5 Å². The van der Waals surface area contributed by atoms with E-state index in [1.807, 2.05) is 0 Å². The Morgan fingerprint density at radius 1 is 1.41 bits per heavy atom. The molecular weight excluding hydrogens is 370 g/mol. The highest BCUT2D eigenvalue weighted by molar-refractivity contribution is 5.82. The topological polar surface area (TPSA) is 119 Å². The summed E-state index contributed by atoms with van der Waals surface area (Å²) in [5.74, 6) is 1.72. The summed E-state index contributed by atoms with van der Waals surface area (Å²) in [7, 11) is 5.40. The number of methoxy groups -OCH3 is 1. The van der Waals surface area contributed by atoms with Gasteiger partial charge in [-0.2, -0.15) is 10.2 Å². The predicted octanol–water partition coefficient (Wildman–Crippen LogP) is 0.118. The summed E-state index contributed by atoms with van der Waals surface area (Å²) in [6, 6.07) is 2.38. The van der Waals surface area contributed by atoms with Gasteiger partial charge in [-0.25, -0.2) is 4.98 Å². The molecule has 0 radical (unpaired) electrons. The van der Waals surface area contributed by atoms with Crippen molar-refractivity contribution in [1.29, 1.82) is 5.26 Å². The third-order valence-electron chi connectivity index (χ3n) is 5.51. The second-order valence-electron chi connectivity index (χ2n) is 7.43. The third-order valence-corrected chi connectivity index (χ3v) is 5.51. The van der Waals surface area contributed by atoms with Gasteiger partial charge in [-0.1, -0.05) is 0 Å². The number of hydrogen-bond acceptors (Lipinski definition) is 10. The third kappa shape index (κ3) is 4.41. The van der Waals surface area contributed by atoms with Gasteiger partial charge in [0.15, 0.2) is 11.6 Å². The van der Waals surface area contributed by atoms with Crippen molar-refractivity contribution in [3.05, 3.63) is 18.1 Å². The molecule has 10 heteroatoms. The molecule has 3 heterocycles. The first-order valence-electron chi connectivity index (χ1n) is 9.63. The Bertz CT molecular complexity index is 802. The van der Waals surface area contributed by atoms with E-state index in [1.165, 1.54) is 6.20 Å². The molecule has 0 atom stereocenters. The fourth-order valence-electron chi connectivity index (χ4n) is 3.84. The molecule has 0 amide bonds. The van der Waals surface area contributed by atoms with E-state index in [0.29, 0.717) is 29.6 Å². The number of allylic oxidation sites excluding steroid dienone is 1. The molecule has 2 saturated heterocycles. The van der Waals surface area contributed by atoms with Crippen molar-refractivity contribution < 1.29 is 4.74 Å². The number of nitriles is 1. The minimum absolute atomic E-state index is 0.142. The number of rotatable bonds is 7. The van der Waals surface area contributed by atoms with Gasteiger partial charge in [-0.15, -0.1) is 0 Å². The molecule has 1 aromatic rings. The highest BCUT2D eigenvalue weighted by Crippen LogP contribution is 2.38. The molecule has 2 aliphatic heterocycles. The number of aromatic nitrogens is 2. The minimum atomic E-state index is -0.142. The number of hydrogen-bond donors (Lipinski definition) is 2. The van der Waals surface area contributed by atoms with Crippen LogP contribution in [0.25, 0.3) is 0 Å². The van der Waals surface area contributed by atoms with Crippen LogP contribution in [-0.4, -0.2) is 92.0 Å². The highest BCUT2D eigenvalue weighted by atomic mass is 16.5. The van der Waals surface area contributed by atoms with Crippen LogP contribution in [0.3, 0.4) is 0 Å². The number of aliphatic imine (C=N–C) groups is 1. The van der Waals surface area contributed by atoms with Gasteiger partial charge in [-0.3, -0.25) is 9.89 Å². The summed E-state index contributed by atoms with van der Waals surface area (Å²) in [4.78, 5) is 19.8. The summed E-state index contributed by atoms with van der Waals surface area (Å²) in [6.07, 6.45) is 5.15. The molecule has 3 rings (SSSR count). The zero-order valence-electron chi connectivity index (χ0n) is 17.3. The second kappa shape index (κ2) is 9.07. The SMILES string of the molecule is CN=C/C(=C\N)Nc1ncc(OC)c(N2CC(CC#N)(N3CCN(C)CC3)C2)n1. The van der Waals surface area contributed by atoms with E-state index in [2.05, 4.69) is 48.1 Å². The minimum Gasteiger partial charge on any atom is -0.491 e. The van der Waals surface area contributed by atoms with Crippen LogP contribution >= 0.6 is 0 Å². The van der Waals surface area contributed by atoms with Crippen molar-refractivity contribution in [1.82, 2.24) is 19.8 Å². The number of nitrogens with two attached hydrogens (primary N) is 1. The van der Waals surface area contributed by atoms with Crippen molar-refractivity contribution >= 4 is 18.0 Å². The maximum absolute atomic E-state index is 9.43. The molecule has 0 aromatic carbocycles. The zero-order chi connectivity index (χ0) is 20.9. The van der Waals surface area contributed by atoms with Crippen LogP contribution in [0, 0.1) is 11.3 Å². The average Bonchev–Trinajstić information content (AvgIpc) is 2.70. The van der Waals surface area contributed by atoms with Crippen LogP contribution in [0.15, 0.2) is 23.1 Å². The van der Waals surface area contributed by atoms with E-state index in [0.717, 1.165) is 39.3 Å². The maximum Gasteiger partial charge on any atom is 0.229 e. The highest BCUT2D eigenvalue weighted by Gasteiger charge is 2.49. The Morgan fingerprint density at radius 3 is 2.72 bits per heavy atom. The molecule has 2 fully saturated rings. The van der Waals surface area contributed by atoms with Gasteiger partial charge in [-0.05, 0) is 7.05 Å². The average molecular weight is 400 g/mol. The lowest BCUT2D eigenvalue weighted by Crippen LogP contribution is -2.72. The molecule has 2 aliphatic rings.